The SMILES string of the molecule is C=CC[C@]1(C(=O)c2cccc(C)c2)CCCN1C(=O)OC(C)(C)C. The number of hydrogen-bond acceptors (Lipinski definition) is 3. The highest BCUT2D eigenvalue weighted by Gasteiger charge is 2.50. The molecule has 4 heteroatoms. The fraction of sp³-hybridized carbons (Fsp3) is 0.500. The first-order chi connectivity index (χ1) is 11.2. The van der Waals surface area contributed by atoms with Crippen molar-refractivity contribution in [2.45, 2.75) is 58.1 Å². The average molecular weight is 329 g/mol. The Balaban J connectivity index is 2.39. The molecule has 24 heavy (non-hydrogen) atoms. The number of benzene rings is 1. The number of ether oxygens (including phenoxy) is 1. The summed E-state index contributed by atoms with van der Waals surface area (Å²) >= 11 is 0. The molecule has 0 aromatic heterocycles. The highest BCUT2D eigenvalue weighted by Crippen LogP contribution is 2.37. The minimum atomic E-state index is -0.891. The van der Waals surface area contributed by atoms with E-state index in [1.807, 2.05) is 52.0 Å². The zero-order valence-electron chi connectivity index (χ0n) is 15.1. The Hall–Kier alpha value is -2.10. The van der Waals surface area contributed by atoms with E-state index in [1.165, 1.54) is 0 Å². The fourth-order valence-electron chi connectivity index (χ4n) is 3.30. The van der Waals surface area contributed by atoms with E-state index in [9.17, 15) is 9.59 Å². The number of carbonyl (C=O) groups excluding carboxylic acids is 2. The molecule has 0 bridgehead atoms. The van der Waals surface area contributed by atoms with Crippen molar-refractivity contribution in [3.63, 3.8) is 0 Å². The standard InChI is InChI=1S/C20H27NO3/c1-6-11-20(17(22)16-10-7-9-15(2)14-16)12-8-13-21(20)18(23)24-19(3,4)5/h6-7,9-10,14H,1,8,11-13H2,2-5H3/t20-/m1/s1. The van der Waals surface area contributed by atoms with Gasteiger partial charge in [-0.25, -0.2) is 4.79 Å². The zero-order chi connectivity index (χ0) is 18.0. The molecule has 1 heterocycles. The van der Waals surface area contributed by atoms with Crippen LogP contribution in [-0.4, -0.2) is 34.5 Å². The van der Waals surface area contributed by atoms with Crippen molar-refractivity contribution in [3.8, 4) is 0 Å². The van der Waals surface area contributed by atoms with Gasteiger partial charge in [0.15, 0.2) is 5.78 Å². The van der Waals surface area contributed by atoms with Crippen LogP contribution in [0.1, 0.15) is 56.0 Å². The predicted molar refractivity (Wildman–Crippen MR) is 95.2 cm³/mol. The normalized spacial score (nSPS) is 20.8. The maximum atomic E-state index is 13.3. The molecule has 2 rings (SSSR count). The van der Waals surface area contributed by atoms with Crippen LogP contribution in [-0.2, 0) is 4.74 Å². The van der Waals surface area contributed by atoms with Crippen molar-refractivity contribution in [1.29, 1.82) is 0 Å². The van der Waals surface area contributed by atoms with Gasteiger partial charge in [0.2, 0.25) is 0 Å². The van der Waals surface area contributed by atoms with Gasteiger partial charge in [0.25, 0.3) is 0 Å². The maximum absolute atomic E-state index is 13.3. The van der Waals surface area contributed by atoms with E-state index < -0.39 is 17.2 Å². The molecule has 1 aliphatic heterocycles. The molecule has 0 unspecified atom stereocenters. The molecule has 130 valence electrons. The van der Waals surface area contributed by atoms with E-state index in [0.717, 1.165) is 12.0 Å². The molecule has 0 N–H and O–H groups in total. The number of likely N-dealkylation sites (tertiary alicyclic amines) is 1. The van der Waals surface area contributed by atoms with E-state index >= 15 is 0 Å². The highest BCUT2D eigenvalue weighted by molar-refractivity contribution is 6.05. The second-order valence-electron chi connectivity index (χ2n) is 7.46. The Bertz CT molecular complexity index is 645. The summed E-state index contributed by atoms with van der Waals surface area (Å²) in [6, 6.07) is 7.51. The third-order valence-electron chi connectivity index (χ3n) is 4.29. The lowest BCUT2D eigenvalue weighted by Crippen LogP contribution is -2.54. The summed E-state index contributed by atoms with van der Waals surface area (Å²) in [5, 5.41) is 0. The van der Waals surface area contributed by atoms with Crippen LogP contribution in [0.3, 0.4) is 0 Å². The Labute approximate surface area is 144 Å². The van der Waals surface area contributed by atoms with Crippen molar-refractivity contribution in [1.82, 2.24) is 4.90 Å². The monoisotopic (exact) mass is 329 g/mol. The smallest absolute Gasteiger partial charge is 0.411 e. The van der Waals surface area contributed by atoms with Gasteiger partial charge in [-0.05, 0) is 53.0 Å². The molecule has 0 aliphatic carbocycles. The summed E-state index contributed by atoms with van der Waals surface area (Å²) in [6.07, 6.45) is 3.13. The van der Waals surface area contributed by atoms with Gasteiger partial charge < -0.3 is 4.74 Å². The number of carbonyl (C=O) groups is 2. The molecule has 1 aromatic rings. The third kappa shape index (κ3) is 3.69. The second-order valence-corrected chi connectivity index (χ2v) is 7.46. The Kier molecular flexibility index (Phi) is 5.16. The van der Waals surface area contributed by atoms with E-state index in [0.29, 0.717) is 24.9 Å². The van der Waals surface area contributed by atoms with Crippen LogP contribution < -0.4 is 0 Å². The fourth-order valence-corrected chi connectivity index (χ4v) is 3.30. The van der Waals surface area contributed by atoms with E-state index in [1.54, 1.807) is 11.0 Å². The van der Waals surface area contributed by atoms with Crippen LogP contribution in [0.5, 0.6) is 0 Å². The molecule has 1 fully saturated rings. The molecule has 0 radical (unpaired) electrons. The number of aryl methyl sites for hydroxylation is 1. The van der Waals surface area contributed by atoms with Crippen molar-refractivity contribution in [2.24, 2.45) is 0 Å². The number of amides is 1. The summed E-state index contributed by atoms with van der Waals surface area (Å²) in [7, 11) is 0. The Morgan fingerprint density at radius 2 is 2.08 bits per heavy atom. The molecule has 0 saturated carbocycles. The molecular formula is C20H27NO3. The Morgan fingerprint density at radius 1 is 1.38 bits per heavy atom. The highest BCUT2D eigenvalue weighted by atomic mass is 16.6. The largest absolute Gasteiger partial charge is 0.444 e. The van der Waals surface area contributed by atoms with Crippen molar-refractivity contribution < 1.29 is 14.3 Å². The van der Waals surface area contributed by atoms with E-state index in [4.69, 9.17) is 4.74 Å². The lowest BCUT2D eigenvalue weighted by Gasteiger charge is -2.37. The lowest BCUT2D eigenvalue weighted by molar-refractivity contribution is 0.00913. The minimum Gasteiger partial charge on any atom is -0.444 e. The third-order valence-corrected chi connectivity index (χ3v) is 4.29. The number of rotatable bonds is 4. The second kappa shape index (κ2) is 6.80. The first kappa shape index (κ1) is 18.2. The number of Topliss-reactive ketones (excluding diaryl/α,β-unsaturated/α-hetero) is 1. The van der Waals surface area contributed by atoms with Gasteiger partial charge in [-0.3, -0.25) is 9.69 Å². The minimum absolute atomic E-state index is 0.0329. The van der Waals surface area contributed by atoms with E-state index in [-0.39, 0.29) is 5.78 Å². The topological polar surface area (TPSA) is 46.6 Å². The summed E-state index contributed by atoms with van der Waals surface area (Å²) in [5.41, 5.74) is 0.174. The summed E-state index contributed by atoms with van der Waals surface area (Å²) in [5.74, 6) is -0.0329. The summed E-state index contributed by atoms with van der Waals surface area (Å²) < 4.78 is 5.53. The number of ketones is 1. The average Bonchev–Trinajstić information content (AvgIpc) is 2.90. The van der Waals surface area contributed by atoms with Crippen molar-refractivity contribution >= 4 is 11.9 Å². The van der Waals surface area contributed by atoms with Gasteiger partial charge >= 0.3 is 6.09 Å². The van der Waals surface area contributed by atoms with Gasteiger partial charge in [-0.2, -0.15) is 0 Å². The van der Waals surface area contributed by atoms with Gasteiger partial charge in [-0.1, -0.05) is 29.8 Å². The molecular weight excluding hydrogens is 302 g/mol. The van der Waals surface area contributed by atoms with Crippen LogP contribution in [0.25, 0.3) is 0 Å². The van der Waals surface area contributed by atoms with Gasteiger partial charge in [0.05, 0.1) is 0 Å². The summed E-state index contributed by atoms with van der Waals surface area (Å²) in [4.78, 5) is 27.6. The van der Waals surface area contributed by atoms with Crippen LogP contribution in [0.15, 0.2) is 36.9 Å². The van der Waals surface area contributed by atoms with Crippen LogP contribution in [0, 0.1) is 6.92 Å². The van der Waals surface area contributed by atoms with Crippen molar-refractivity contribution in [3.05, 3.63) is 48.0 Å². The van der Waals surface area contributed by atoms with Gasteiger partial charge in [0, 0.05) is 12.1 Å². The molecule has 1 saturated heterocycles. The number of hydrogen-bond donors (Lipinski definition) is 0. The first-order valence-corrected chi connectivity index (χ1v) is 8.42. The summed E-state index contributed by atoms with van der Waals surface area (Å²) in [6.45, 7) is 11.8. The first-order valence-electron chi connectivity index (χ1n) is 8.42. The van der Waals surface area contributed by atoms with E-state index in [2.05, 4.69) is 6.58 Å². The van der Waals surface area contributed by atoms with Crippen molar-refractivity contribution in [2.75, 3.05) is 6.54 Å². The molecule has 4 nitrogen and oxygen atoms in total. The number of nitrogens with zero attached hydrogens (tertiary/aromatic N) is 1. The van der Waals surface area contributed by atoms with Crippen LogP contribution in [0.4, 0.5) is 4.79 Å². The molecule has 1 aliphatic rings. The lowest BCUT2D eigenvalue weighted by atomic mass is 9.83. The predicted octanol–water partition coefficient (Wildman–Crippen LogP) is 4.52. The zero-order valence-corrected chi connectivity index (χ0v) is 15.1. The van der Waals surface area contributed by atoms with Gasteiger partial charge in [0.1, 0.15) is 11.1 Å². The van der Waals surface area contributed by atoms with Gasteiger partial charge in [-0.15, -0.1) is 6.58 Å². The maximum Gasteiger partial charge on any atom is 0.411 e. The Morgan fingerprint density at radius 3 is 2.67 bits per heavy atom. The molecule has 0 spiro atoms. The molecule has 1 aromatic carbocycles. The van der Waals surface area contributed by atoms with Crippen LogP contribution in [0.2, 0.25) is 0 Å². The quantitative estimate of drug-likeness (QED) is 0.602. The van der Waals surface area contributed by atoms with Crippen LogP contribution >= 0.6 is 0 Å². The molecule has 1 atom stereocenters. The molecule has 1 amide bonds.